The van der Waals surface area contributed by atoms with E-state index in [9.17, 15) is 18.0 Å². The molecule has 0 aromatic heterocycles. The second-order valence-corrected chi connectivity index (χ2v) is 5.04. The van der Waals surface area contributed by atoms with Crippen molar-refractivity contribution in [2.75, 3.05) is 11.4 Å². The molecule has 104 valence electrons. The van der Waals surface area contributed by atoms with E-state index in [0.717, 1.165) is 0 Å². The fourth-order valence-corrected chi connectivity index (χ4v) is 2.27. The molecule has 0 amide bonds. The molecular formula is C10H11NO7S. The van der Waals surface area contributed by atoms with E-state index in [-0.39, 0.29) is 5.69 Å². The maximum Gasteiger partial charge on any atom is 0.344 e. The molecule has 1 aromatic carbocycles. The van der Waals surface area contributed by atoms with Gasteiger partial charge in [-0.1, -0.05) is 18.2 Å². The summed E-state index contributed by atoms with van der Waals surface area (Å²) < 4.78 is 31.2. The summed E-state index contributed by atoms with van der Waals surface area (Å²) in [6, 6.07) is 7.22. The van der Waals surface area contributed by atoms with Gasteiger partial charge < -0.3 is 15.1 Å². The highest BCUT2D eigenvalue weighted by Gasteiger charge is 2.38. The molecule has 0 saturated carbocycles. The number of carboxylic acids is 2. The molecular weight excluding hydrogens is 278 g/mol. The molecule has 1 atom stereocenters. The number of rotatable bonds is 6. The van der Waals surface area contributed by atoms with Crippen LogP contribution in [0, 0.1) is 0 Å². The van der Waals surface area contributed by atoms with E-state index in [1.807, 2.05) is 0 Å². The molecule has 1 unspecified atom stereocenters. The average Bonchev–Trinajstić information content (AvgIpc) is 2.26. The summed E-state index contributed by atoms with van der Waals surface area (Å²) in [4.78, 5) is 22.3. The highest BCUT2D eigenvalue weighted by atomic mass is 32.2. The molecule has 19 heavy (non-hydrogen) atoms. The van der Waals surface area contributed by atoms with Crippen molar-refractivity contribution < 1.29 is 32.8 Å². The molecule has 0 aliphatic heterocycles. The highest BCUT2D eigenvalue weighted by molar-refractivity contribution is 7.87. The van der Waals surface area contributed by atoms with Crippen LogP contribution < -0.4 is 4.90 Å². The van der Waals surface area contributed by atoms with E-state index < -0.39 is 34.0 Å². The first-order valence-corrected chi connectivity index (χ1v) is 6.46. The topological polar surface area (TPSA) is 132 Å². The van der Waals surface area contributed by atoms with Gasteiger partial charge in [0.2, 0.25) is 0 Å². The van der Waals surface area contributed by atoms with Crippen LogP contribution in [0.4, 0.5) is 5.69 Å². The number of carbonyl (C=O) groups is 2. The lowest BCUT2D eigenvalue weighted by Crippen LogP contribution is -2.49. The summed E-state index contributed by atoms with van der Waals surface area (Å²) >= 11 is 0. The Balaban J connectivity index is 3.30. The van der Waals surface area contributed by atoms with Gasteiger partial charge in [-0.05, 0) is 12.1 Å². The average molecular weight is 289 g/mol. The Morgan fingerprint density at radius 3 is 2.05 bits per heavy atom. The molecule has 3 N–H and O–H groups in total. The van der Waals surface area contributed by atoms with Gasteiger partial charge in [-0.15, -0.1) is 0 Å². The Morgan fingerprint density at radius 1 is 1.16 bits per heavy atom. The first kappa shape index (κ1) is 14.9. The zero-order chi connectivity index (χ0) is 14.6. The standard InChI is InChI=1S/C10H11NO7S/c12-8(13)6-11(7-4-2-1-3-5-7)9(10(14)15)19(16,17)18/h1-5,9H,6H2,(H,12,13)(H,14,15)(H,16,17,18). The number of anilines is 1. The molecule has 0 radical (unpaired) electrons. The smallest absolute Gasteiger partial charge is 0.344 e. The van der Waals surface area contributed by atoms with Crippen molar-refractivity contribution in [1.29, 1.82) is 0 Å². The molecule has 0 saturated heterocycles. The lowest BCUT2D eigenvalue weighted by Gasteiger charge is -2.27. The van der Waals surface area contributed by atoms with Crippen LogP contribution >= 0.6 is 0 Å². The first-order chi connectivity index (χ1) is 8.73. The summed E-state index contributed by atoms with van der Waals surface area (Å²) in [6.45, 7) is -0.888. The Morgan fingerprint density at radius 2 is 1.68 bits per heavy atom. The van der Waals surface area contributed by atoms with E-state index in [1.165, 1.54) is 24.3 Å². The van der Waals surface area contributed by atoms with Gasteiger partial charge in [0.25, 0.3) is 15.5 Å². The van der Waals surface area contributed by atoms with Gasteiger partial charge in [0.15, 0.2) is 0 Å². The molecule has 9 heteroatoms. The van der Waals surface area contributed by atoms with Crippen LogP contribution in [0.2, 0.25) is 0 Å². The third-order valence-corrected chi connectivity index (χ3v) is 3.19. The van der Waals surface area contributed by atoms with Crippen LogP contribution in [0.25, 0.3) is 0 Å². The Bertz CT molecular complexity index is 569. The molecule has 0 heterocycles. The summed E-state index contributed by atoms with van der Waals surface area (Å²) in [5.74, 6) is -3.30. The summed E-state index contributed by atoms with van der Waals surface area (Å²) in [7, 11) is -4.99. The number of benzene rings is 1. The highest BCUT2D eigenvalue weighted by Crippen LogP contribution is 2.19. The largest absolute Gasteiger partial charge is 0.480 e. The summed E-state index contributed by atoms with van der Waals surface area (Å²) in [5, 5.41) is 15.2. The number of nitrogens with zero attached hydrogens (tertiary/aromatic N) is 1. The zero-order valence-electron chi connectivity index (χ0n) is 9.50. The van der Waals surface area contributed by atoms with Crippen LogP contribution in [0.1, 0.15) is 0 Å². The Hall–Kier alpha value is -2.13. The van der Waals surface area contributed by atoms with E-state index >= 15 is 0 Å². The minimum atomic E-state index is -4.99. The van der Waals surface area contributed by atoms with Crippen molar-refractivity contribution in [3.63, 3.8) is 0 Å². The van der Waals surface area contributed by atoms with Gasteiger partial charge in [0.05, 0.1) is 0 Å². The number of hydrogen-bond acceptors (Lipinski definition) is 5. The number of hydrogen-bond donors (Lipinski definition) is 3. The van der Waals surface area contributed by atoms with Crippen molar-refractivity contribution in [3.8, 4) is 0 Å². The molecule has 0 fully saturated rings. The molecule has 1 rings (SSSR count). The minimum absolute atomic E-state index is 0.0509. The van der Waals surface area contributed by atoms with Gasteiger partial charge in [-0.3, -0.25) is 9.35 Å². The summed E-state index contributed by atoms with van der Waals surface area (Å²) in [5.41, 5.74) is 0.0509. The van der Waals surface area contributed by atoms with Crippen LogP contribution in [0.15, 0.2) is 30.3 Å². The fraction of sp³-hybridized carbons (Fsp3) is 0.200. The molecule has 1 aromatic rings. The van der Waals surface area contributed by atoms with Crippen LogP contribution in [-0.2, 0) is 19.7 Å². The lowest BCUT2D eigenvalue weighted by atomic mass is 10.3. The Kier molecular flexibility index (Phi) is 4.46. The number of carboxylic acid groups (broad SMARTS) is 2. The zero-order valence-corrected chi connectivity index (χ0v) is 10.3. The molecule has 0 spiro atoms. The van der Waals surface area contributed by atoms with Crippen LogP contribution in [-0.4, -0.2) is 47.0 Å². The molecule has 0 aliphatic rings. The van der Waals surface area contributed by atoms with Crippen molar-refractivity contribution in [3.05, 3.63) is 30.3 Å². The fourth-order valence-electron chi connectivity index (χ4n) is 1.50. The van der Waals surface area contributed by atoms with Gasteiger partial charge >= 0.3 is 11.9 Å². The van der Waals surface area contributed by atoms with Crippen molar-refractivity contribution in [2.45, 2.75) is 5.37 Å². The van der Waals surface area contributed by atoms with Gasteiger partial charge in [0.1, 0.15) is 6.54 Å². The number of para-hydroxylation sites is 1. The number of aliphatic carboxylic acids is 2. The third kappa shape index (κ3) is 3.93. The van der Waals surface area contributed by atoms with E-state index in [0.29, 0.717) is 4.90 Å². The molecule has 0 aliphatic carbocycles. The second kappa shape index (κ2) is 5.67. The van der Waals surface area contributed by atoms with E-state index in [2.05, 4.69) is 0 Å². The van der Waals surface area contributed by atoms with Gasteiger partial charge in [-0.2, -0.15) is 8.42 Å². The van der Waals surface area contributed by atoms with Crippen LogP contribution in [0.3, 0.4) is 0 Å². The predicted octanol–water partition coefficient (Wildman–Crippen LogP) is -0.124. The Labute approximate surface area is 108 Å². The lowest BCUT2D eigenvalue weighted by molar-refractivity contribution is -0.137. The van der Waals surface area contributed by atoms with Crippen molar-refractivity contribution in [1.82, 2.24) is 0 Å². The van der Waals surface area contributed by atoms with Gasteiger partial charge in [-0.25, -0.2) is 4.79 Å². The third-order valence-electron chi connectivity index (χ3n) is 2.17. The molecule has 0 bridgehead atoms. The molecule has 8 nitrogen and oxygen atoms in total. The van der Waals surface area contributed by atoms with E-state index in [4.69, 9.17) is 14.8 Å². The summed E-state index contributed by atoms with van der Waals surface area (Å²) in [6.07, 6.45) is 0. The van der Waals surface area contributed by atoms with Crippen LogP contribution in [0.5, 0.6) is 0 Å². The van der Waals surface area contributed by atoms with Gasteiger partial charge in [0, 0.05) is 5.69 Å². The second-order valence-electron chi connectivity index (χ2n) is 3.56. The monoisotopic (exact) mass is 289 g/mol. The SMILES string of the molecule is O=C(O)CN(c1ccccc1)C(C(=O)O)S(=O)(=O)O. The maximum atomic E-state index is 11.1. The minimum Gasteiger partial charge on any atom is -0.480 e. The first-order valence-electron chi connectivity index (χ1n) is 4.96. The van der Waals surface area contributed by atoms with Crippen molar-refractivity contribution in [2.24, 2.45) is 0 Å². The normalized spacial score (nSPS) is 12.7. The maximum absolute atomic E-state index is 11.1. The van der Waals surface area contributed by atoms with E-state index in [1.54, 1.807) is 6.07 Å². The quantitative estimate of drug-likeness (QED) is 0.617. The van der Waals surface area contributed by atoms with Crippen molar-refractivity contribution >= 4 is 27.7 Å². The predicted molar refractivity (Wildman–Crippen MR) is 64.4 cm³/mol.